The zero-order valence-electron chi connectivity index (χ0n) is 16.9. The van der Waals surface area contributed by atoms with Crippen LogP contribution in [0.1, 0.15) is 25.7 Å². The minimum atomic E-state index is -0.0256. The summed E-state index contributed by atoms with van der Waals surface area (Å²) in [5.41, 5.74) is 0.742. The average molecular weight is 389 g/mol. The van der Waals surface area contributed by atoms with Crippen molar-refractivity contribution in [2.24, 2.45) is 0 Å². The van der Waals surface area contributed by atoms with Crippen LogP contribution in [0.3, 0.4) is 0 Å². The topological polar surface area (TPSA) is 65.1 Å². The first-order valence-electron chi connectivity index (χ1n) is 10.3. The van der Waals surface area contributed by atoms with E-state index in [1.165, 1.54) is 12.8 Å². The molecule has 2 aliphatic rings. The second-order valence-corrected chi connectivity index (χ2v) is 7.63. The SMILES string of the molecule is COc1cccc(NC(=O)CN2CCN(CC(=O)N3CCCCCC3)CC2)c1. The highest BCUT2D eigenvalue weighted by atomic mass is 16.5. The van der Waals surface area contributed by atoms with E-state index in [4.69, 9.17) is 4.74 Å². The second kappa shape index (κ2) is 10.4. The highest BCUT2D eigenvalue weighted by molar-refractivity contribution is 5.92. The molecule has 2 fully saturated rings. The highest BCUT2D eigenvalue weighted by Crippen LogP contribution is 2.16. The number of nitrogens with one attached hydrogen (secondary N) is 1. The number of hydrogen-bond acceptors (Lipinski definition) is 5. The van der Waals surface area contributed by atoms with Crippen LogP contribution in [-0.4, -0.2) is 86.0 Å². The summed E-state index contributed by atoms with van der Waals surface area (Å²) in [6, 6.07) is 7.37. The molecule has 1 aromatic carbocycles. The molecule has 0 spiro atoms. The van der Waals surface area contributed by atoms with Crippen LogP contribution in [0.25, 0.3) is 0 Å². The van der Waals surface area contributed by atoms with Gasteiger partial charge in [0.25, 0.3) is 0 Å². The van der Waals surface area contributed by atoms with E-state index < -0.39 is 0 Å². The molecule has 0 bridgehead atoms. The Hall–Kier alpha value is -2.12. The van der Waals surface area contributed by atoms with Gasteiger partial charge in [0.1, 0.15) is 5.75 Å². The summed E-state index contributed by atoms with van der Waals surface area (Å²) < 4.78 is 5.18. The largest absolute Gasteiger partial charge is 0.497 e. The summed E-state index contributed by atoms with van der Waals surface area (Å²) in [5, 5.41) is 2.92. The molecule has 3 rings (SSSR count). The third-order valence-corrected chi connectivity index (χ3v) is 5.50. The Bertz CT molecular complexity index is 651. The number of methoxy groups -OCH3 is 1. The number of likely N-dealkylation sites (tertiary alicyclic amines) is 1. The molecule has 7 nitrogen and oxygen atoms in total. The van der Waals surface area contributed by atoms with Crippen LogP contribution in [-0.2, 0) is 9.59 Å². The fraction of sp³-hybridized carbons (Fsp3) is 0.619. The predicted octanol–water partition coefficient (Wildman–Crippen LogP) is 1.65. The van der Waals surface area contributed by atoms with Crippen molar-refractivity contribution in [1.29, 1.82) is 0 Å². The Kier molecular flexibility index (Phi) is 7.68. The van der Waals surface area contributed by atoms with E-state index in [-0.39, 0.29) is 11.8 Å². The van der Waals surface area contributed by atoms with Gasteiger partial charge in [-0.25, -0.2) is 0 Å². The molecule has 28 heavy (non-hydrogen) atoms. The molecule has 0 radical (unpaired) electrons. The third kappa shape index (κ3) is 6.21. The molecule has 154 valence electrons. The normalized spacial score (nSPS) is 19.1. The Labute approximate surface area is 167 Å². The predicted molar refractivity (Wildman–Crippen MR) is 110 cm³/mol. The number of benzene rings is 1. The van der Waals surface area contributed by atoms with Gasteiger partial charge in [-0.15, -0.1) is 0 Å². The molecule has 2 amide bonds. The Balaban J connectivity index is 1.38. The van der Waals surface area contributed by atoms with Crippen LogP contribution in [0.5, 0.6) is 5.75 Å². The number of anilines is 1. The van der Waals surface area contributed by atoms with Gasteiger partial charge in [0, 0.05) is 51.0 Å². The minimum absolute atomic E-state index is 0.0256. The van der Waals surface area contributed by atoms with Crippen LogP contribution in [0.15, 0.2) is 24.3 Å². The van der Waals surface area contributed by atoms with Crippen molar-refractivity contribution in [3.05, 3.63) is 24.3 Å². The second-order valence-electron chi connectivity index (χ2n) is 7.63. The summed E-state index contributed by atoms with van der Waals surface area (Å²) in [4.78, 5) is 31.2. The maximum Gasteiger partial charge on any atom is 0.238 e. The lowest BCUT2D eigenvalue weighted by atomic mass is 10.2. The van der Waals surface area contributed by atoms with Crippen LogP contribution < -0.4 is 10.1 Å². The van der Waals surface area contributed by atoms with Crippen molar-refractivity contribution >= 4 is 17.5 Å². The lowest BCUT2D eigenvalue weighted by Crippen LogP contribution is -2.51. The number of amides is 2. The summed E-state index contributed by atoms with van der Waals surface area (Å²) in [6.07, 6.45) is 4.73. The van der Waals surface area contributed by atoms with E-state index >= 15 is 0 Å². The number of carbonyl (C=O) groups is 2. The molecule has 0 aromatic heterocycles. The molecule has 2 saturated heterocycles. The van der Waals surface area contributed by atoms with Gasteiger partial charge in [0.15, 0.2) is 0 Å². The number of hydrogen-bond donors (Lipinski definition) is 1. The van der Waals surface area contributed by atoms with Crippen LogP contribution in [0.2, 0.25) is 0 Å². The standard InChI is InChI=1S/C21H32N4O3/c1-28-19-8-6-7-18(15-19)22-20(26)16-23-11-13-24(14-12-23)17-21(27)25-9-4-2-3-5-10-25/h6-8,15H,2-5,9-14,16-17H2,1H3,(H,22,26). The van der Waals surface area contributed by atoms with E-state index in [2.05, 4.69) is 15.1 Å². The van der Waals surface area contributed by atoms with E-state index in [0.717, 1.165) is 63.5 Å². The van der Waals surface area contributed by atoms with Gasteiger partial charge in [-0.1, -0.05) is 18.9 Å². The summed E-state index contributed by atoms with van der Waals surface area (Å²) >= 11 is 0. The molecule has 1 N–H and O–H groups in total. The fourth-order valence-electron chi connectivity index (χ4n) is 3.82. The van der Waals surface area contributed by atoms with Gasteiger partial charge >= 0.3 is 0 Å². The van der Waals surface area contributed by atoms with Gasteiger partial charge in [0.2, 0.25) is 11.8 Å². The van der Waals surface area contributed by atoms with Gasteiger partial charge in [-0.2, -0.15) is 0 Å². The van der Waals surface area contributed by atoms with Gasteiger partial charge in [-0.05, 0) is 25.0 Å². The van der Waals surface area contributed by atoms with Crippen LogP contribution in [0, 0.1) is 0 Å². The Morgan fingerprint density at radius 2 is 1.57 bits per heavy atom. The summed E-state index contributed by atoms with van der Waals surface area (Å²) in [6.45, 7) is 5.94. The third-order valence-electron chi connectivity index (χ3n) is 5.50. The maximum absolute atomic E-state index is 12.5. The van der Waals surface area contributed by atoms with Crippen molar-refractivity contribution in [3.63, 3.8) is 0 Å². The summed E-state index contributed by atoms with van der Waals surface area (Å²) in [5.74, 6) is 0.953. The molecular formula is C21H32N4O3. The molecule has 7 heteroatoms. The molecular weight excluding hydrogens is 356 g/mol. The van der Waals surface area contributed by atoms with Gasteiger partial charge in [-0.3, -0.25) is 19.4 Å². The van der Waals surface area contributed by atoms with Crippen LogP contribution in [0.4, 0.5) is 5.69 Å². The summed E-state index contributed by atoms with van der Waals surface area (Å²) in [7, 11) is 1.61. The average Bonchev–Trinajstić information content (AvgIpc) is 2.99. The Morgan fingerprint density at radius 1 is 0.929 bits per heavy atom. The minimum Gasteiger partial charge on any atom is -0.497 e. The molecule has 2 heterocycles. The molecule has 2 aliphatic heterocycles. The smallest absolute Gasteiger partial charge is 0.238 e. The lowest BCUT2D eigenvalue weighted by molar-refractivity contribution is -0.133. The van der Waals surface area contributed by atoms with Crippen LogP contribution >= 0.6 is 0 Å². The van der Waals surface area contributed by atoms with Gasteiger partial charge in [0.05, 0.1) is 20.2 Å². The number of ether oxygens (including phenoxy) is 1. The first-order valence-corrected chi connectivity index (χ1v) is 10.3. The quantitative estimate of drug-likeness (QED) is 0.803. The molecule has 0 unspecified atom stereocenters. The van der Waals surface area contributed by atoms with E-state index in [9.17, 15) is 9.59 Å². The number of nitrogens with zero attached hydrogens (tertiary/aromatic N) is 3. The Morgan fingerprint density at radius 3 is 2.21 bits per heavy atom. The number of piperazine rings is 1. The number of rotatable bonds is 6. The zero-order chi connectivity index (χ0) is 19.8. The molecule has 1 aromatic rings. The van der Waals surface area contributed by atoms with Crippen molar-refractivity contribution in [2.45, 2.75) is 25.7 Å². The molecule has 0 saturated carbocycles. The first kappa shape index (κ1) is 20.6. The molecule has 0 aliphatic carbocycles. The van der Waals surface area contributed by atoms with E-state index in [0.29, 0.717) is 13.1 Å². The zero-order valence-corrected chi connectivity index (χ0v) is 16.9. The molecule has 0 atom stereocenters. The van der Waals surface area contributed by atoms with Crippen molar-refractivity contribution in [1.82, 2.24) is 14.7 Å². The van der Waals surface area contributed by atoms with Crippen molar-refractivity contribution in [2.75, 3.05) is 64.8 Å². The van der Waals surface area contributed by atoms with E-state index in [1.807, 2.05) is 29.2 Å². The first-order chi connectivity index (χ1) is 13.6. The monoisotopic (exact) mass is 388 g/mol. The van der Waals surface area contributed by atoms with Crippen molar-refractivity contribution < 1.29 is 14.3 Å². The lowest BCUT2D eigenvalue weighted by Gasteiger charge is -2.35. The van der Waals surface area contributed by atoms with E-state index in [1.54, 1.807) is 7.11 Å². The van der Waals surface area contributed by atoms with Gasteiger partial charge < -0.3 is 15.0 Å². The maximum atomic E-state index is 12.5. The van der Waals surface area contributed by atoms with Crippen molar-refractivity contribution in [3.8, 4) is 5.75 Å². The highest BCUT2D eigenvalue weighted by Gasteiger charge is 2.23. The number of carbonyl (C=O) groups excluding carboxylic acids is 2. The fourth-order valence-corrected chi connectivity index (χ4v) is 3.82.